The average Bonchev–Trinajstić information content (AvgIpc) is 2.70. The Morgan fingerprint density at radius 1 is 1.33 bits per heavy atom. The number of hydrogen-bond donors (Lipinski definition) is 2. The summed E-state index contributed by atoms with van der Waals surface area (Å²) in [5, 5.41) is 10.9. The SMILES string of the molecule is CNc1nc(N2CCCOCC2)c2cn[nH]c2n1. The largest absolute Gasteiger partial charge is 0.380 e. The van der Waals surface area contributed by atoms with Gasteiger partial charge in [-0.1, -0.05) is 0 Å². The lowest BCUT2D eigenvalue weighted by atomic mass is 10.3. The smallest absolute Gasteiger partial charge is 0.226 e. The van der Waals surface area contributed by atoms with Crippen LogP contribution in [0.25, 0.3) is 11.0 Å². The van der Waals surface area contributed by atoms with Gasteiger partial charge in [-0.05, 0) is 6.42 Å². The molecule has 0 bridgehead atoms. The van der Waals surface area contributed by atoms with Crippen LogP contribution < -0.4 is 10.2 Å². The van der Waals surface area contributed by atoms with Crippen molar-refractivity contribution >= 4 is 22.8 Å². The molecule has 96 valence electrons. The number of rotatable bonds is 2. The molecule has 18 heavy (non-hydrogen) atoms. The lowest BCUT2D eigenvalue weighted by Gasteiger charge is -2.21. The van der Waals surface area contributed by atoms with Crippen LogP contribution in [0.5, 0.6) is 0 Å². The lowest BCUT2D eigenvalue weighted by molar-refractivity contribution is 0.152. The summed E-state index contributed by atoms with van der Waals surface area (Å²) >= 11 is 0. The van der Waals surface area contributed by atoms with E-state index in [4.69, 9.17) is 4.74 Å². The second kappa shape index (κ2) is 4.77. The van der Waals surface area contributed by atoms with E-state index in [9.17, 15) is 0 Å². The number of ether oxygens (including phenoxy) is 1. The summed E-state index contributed by atoms with van der Waals surface area (Å²) in [5.41, 5.74) is 0.759. The fraction of sp³-hybridized carbons (Fsp3) is 0.545. The van der Waals surface area contributed by atoms with Gasteiger partial charge in [0.25, 0.3) is 0 Å². The second-order valence-electron chi connectivity index (χ2n) is 4.21. The molecule has 1 aliphatic rings. The summed E-state index contributed by atoms with van der Waals surface area (Å²) in [7, 11) is 1.81. The van der Waals surface area contributed by atoms with Gasteiger partial charge in [0.15, 0.2) is 5.65 Å². The standard InChI is InChI=1S/C11H16N6O/c1-12-11-14-9-8(7-13-16-9)10(15-11)17-3-2-5-18-6-4-17/h7H,2-6H2,1H3,(H2,12,13,14,15,16). The van der Waals surface area contributed by atoms with Crippen LogP contribution in [0.4, 0.5) is 11.8 Å². The normalized spacial score (nSPS) is 16.8. The molecule has 3 heterocycles. The second-order valence-corrected chi connectivity index (χ2v) is 4.21. The maximum absolute atomic E-state index is 5.47. The maximum Gasteiger partial charge on any atom is 0.226 e. The number of H-pyrrole nitrogens is 1. The first-order valence-corrected chi connectivity index (χ1v) is 6.10. The maximum atomic E-state index is 5.47. The van der Waals surface area contributed by atoms with Crippen molar-refractivity contribution in [2.24, 2.45) is 0 Å². The molecule has 2 aromatic heterocycles. The Balaban J connectivity index is 2.04. The molecule has 1 aliphatic heterocycles. The van der Waals surface area contributed by atoms with E-state index in [1.54, 1.807) is 6.20 Å². The topological polar surface area (TPSA) is 79.0 Å². The van der Waals surface area contributed by atoms with Gasteiger partial charge in [0.1, 0.15) is 5.82 Å². The van der Waals surface area contributed by atoms with Crippen LogP contribution in [0.3, 0.4) is 0 Å². The van der Waals surface area contributed by atoms with E-state index in [1.165, 1.54) is 0 Å². The highest BCUT2D eigenvalue weighted by Gasteiger charge is 2.17. The molecule has 0 radical (unpaired) electrons. The molecule has 1 saturated heterocycles. The van der Waals surface area contributed by atoms with Crippen LogP contribution in [0.15, 0.2) is 6.20 Å². The molecule has 0 atom stereocenters. The van der Waals surface area contributed by atoms with Crippen LogP contribution in [0.2, 0.25) is 0 Å². The summed E-state index contributed by atoms with van der Waals surface area (Å²) < 4.78 is 5.47. The zero-order valence-corrected chi connectivity index (χ0v) is 10.3. The molecule has 0 spiro atoms. The summed E-state index contributed by atoms with van der Waals surface area (Å²) in [4.78, 5) is 11.1. The number of aromatic nitrogens is 4. The van der Waals surface area contributed by atoms with Crippen LogP contribution in [-0.4, -0.2) is 53.5 Å². The molecule has 3 rings (SSSR count). The highest BCUT2D eigenvalue weighted by Crippen LogP contribution is 2.24. The third-order valence-corrected chi connectivity index (χ3v) is 3.04. The quantitative estimate of drug-likeness (QED) is 0.811. The van der Waals surface area contributed by atoms with Crippen molar-refractivity contribution in [3.05, 3.63) is 6.20 Å². The van der Waals surface area contributed by atoms with E-state index in [2.05, 4.69) is 30.4 Å². The lowest BCUT2D eigenvalue weighted by Crippen LogP contribution is -2.27. The third kappa shape index (κ3) is 1.97. The summed E-state index contributed by atoms with van der Waals surface area (Å²) in [6, 6.07) is 0. The van der Waals surface area contributed by atoms with Gasteiger partial charge in [0.05, 0.1) is 18.2 Å². The average molecular weight is 248 g/mol. The van der Waals surface area contributed by atoms with Crippen molar-refractivity contribution in [1.29, 1.82) is 0 Å². The van der Waals surface area contributed by atoms with Gasteiger partial charge in [0, 0.05) is 26.7 Å². The first-order chi connectivity index (χ1) is 8.88. The molecule has 2 aromatic rings. The number of aromatic amines is 1. The van der Waals surface area contributed by atoms with Gasteiger partial charge in [-0.2, -0.15) is 15.1 Å². The zero-order chi connectivity index (χ0) is 12.4. The van der Waals surface area contributed by atoms with Crippen LogP contribution in [0, 0.1) is 0 Å². The zero-order valence-electron chi connectivity index (χ0n) is 10.3. The van der Waals surface area contributed by atoms with Gasteiger partial charge in [-0.15, -0.1) is 0 Å². The molecule has 1 fully saturated rings. The minimum atomic E-state index is 0.604. The number of nitrogens with one attached hydrogen (secondary N) is 2. The summed E-state index contributed by atoms with van der Waals surface area (Å²) in [6.45, 7) is 3.34. The first kappa shape index (κ1) is 11.2. The van der Waals surface area contributed by atoms with Gasteiger partial charge >= 0.3 is 0 Å². The Labute approximate surface area is 105 Å². The van der Waals surface area contributed by atoms with E-state index in [0.717, 1.165) is 49.6 Å². The molecule has 0 aliphatic carbocycles. The molecule has 0 amide bonds. The van der Waals surface area contributed by atoms with E-state index in [0.29, 0.717) is 5.95 Å². The Hall–Kier alpha value is -1.89. The Kier molecular flexibility index (Phi) is 2.97. The molecule has 2 N–H and O–H groups in total. The van der Waals surface area contributed by atoms with E-state index < -0.39 is 0 Å². The Bertz CT molecular complexity index is 531. The van der Waals surface area contributed by atoms with Crippen LogP contribution in [0.1, 0.15) is 6.42 Å². The van der Waals surface area contributed by atoms with Gasteiger partial charge < -0.3 is 15.0 Å². The monoisotopic (exact) mass is 248 g/mol. The molecule has 7 heteroatoms. The van der Waals surface area contributed by atoms with Gasteiger partial charge in [0.2, 0.25) is 5.95 Å². The molecule has 0 unspecified atom stereocenters. The molecular formula is C11H16N6O. The van der Waals surface area contributed by atoms with Gasteiger partial charge in [-0.3, -0.25) is 5.10 Å². The van der Waals surface area contributed by atoms with Crippen molar-refractivity contribution in [3.63, 3.8) is 0 Å². The number of nitrogens with zero attached hydrogens (tertiary/aromatic N) is 4. The molecule has 7 nitrogen and oxygen atoms in total. The summed E-state index contributed by atoms with van der Waals surface area (Å²) in [6.07, 6.45) is 2.79. The molecule has 0 saturated carbocycles. The third-order valence-electron chi connectivity index (χ3n) is 3.04. The van der Waals surface area contributed by atoms with Crippen molar-refractivity contribution < 1.29 is 4.74 Å². The van der Waals surface area contributed by atoms with E-state index in [1.807, 2.05) is 7.05 Å². The number of hydrogen-bond acceptors (Lipinski definition) is 6. The summed E-state index contributed by atoms with van der Waals surface area (Å²) in [5.74, 6) is 1.52. The Morgan fingerprint density at radius 3 is 3.17 bits per heavy atom. The number of fused-ring (bicyclic) bond motifs is 1. The highest BCUT2D eigenvalue weighted by atomic mass is 16.5. The minimum absolute atomic E-state index is 0.604. The fourth-order valence-electron chi connectivity index (χ4n) is 2.13. The predicted molar refractivity (Wildman–Crippen MR) is 68.9 cm³/mol. The fourth-order valence-corrected chi connectivity index (χ4v) is 2.13. The van der Waals surface area contributed by atoms with Crippen molar-refractivity contribution in [3.8, 4) is 0 Å². The van der Waals surface area contributed by atoms with Crippen LogP contribution in [-0.2, 0) is 4.74 Å². The van der Waals surface area contributed by atoms with Crippen molar-refractivity contribution in [2.45, 2.75) is 6.42 Å². The minimum Gasteiger partial charge on any atom is -0.380 e. The van der Waals surface area contributed by atoms with Crippen molar-refractivity contribution in [1.82, 2.24) is 20.2 Å². The Morgan fingerprint density at radius 2 is 2.28 bits per heavy atom. The highest BCUT2D eigenvalue weighted by molar-refractivity contribution is 5.87. The molecule has 0 aromatic carbocycles. The van der Waals surface area contributed by atoms with Gasteiger partial charge in [-0.25, -0.2) is 0 Å². The first-order valence-electron chi connectivity index (χ1n) is 6.10. The predicted octanol–water partition coefficient (Wildman–Crippen LogP) is 0.621. The van der Waals surface area contributed by atoms with Crippen LogP contribution >= 0.6 is 0 Å². The number of anilines is 2. The molecular weight excluding hydrogens is 232 g/mol. The van der Waals surface area contributed by atoms with E-state index >= 15 is 0 Å². The van der Waals surface area contributed by atoms with E-state index in [-0.39, 0.29) is 0 Å². The van der Waals surface area contributed by atoms with Crippen molar-refractivity contribution in [2.75, 3.05) is 43.6 Å².